The summed E-state index contributed by atoms with van der Waals surface area (Å²) in [6.45, 7) is 0.600. The van der Waals surface area contributed by atoms with E-state index in [2.05, 4.69) is 10.4 Å². The van der Waals surface area contributed by atoms with Crippen molar-refractivity contribution in [3.8, 4) is 0 Å². The molecule has 0 saturated carbocycles. The number of aryl methyl sites for hydroxylation is 1. The van der Waals surface area contributed by atoms with E-state index in [-0.39, 0.29) is 56.8 Å². The van der Waals surface area contributed by atoms with E-state index in [1.165, 1.54) is 4.31 Å². The number of hydrogen-bond acceptors (Lipinski definition) is 5. The molecule has 39 heavy (non-hydrogen) atoms. The maximum absolute atomic E-state index is 15.7. The average molecular weight is 559 g/mol. The predicted molar refractivity (Wildman–Crippen MR) is 141 cm³/mol. The molecule has 2 aliphatic heterocycles. The second kappa shape index (κ2) is 11.1. The van der Waals surface area contributed by atoms with Crippen molar-refractivity contribution in [2.24, 2.45) is 7.05 Å². The van der Waals surface area contributed by atoms with Crippen molar-refractivity contribution in [3.05, 3.63) is 88.7 Å². The van der Waals surface area contributed by atoms with Gasteiger partial charge in [0.1, 0.15) is 16.9 Å². The number of carbonyl (C=O) groups is 1. The van der Waals surface area contributed by atoms with Gasteiger partial charge in [0.2, 0.25) is 15.9 Å². The van der Waals surface area contributed by atoms with Gasteiger partial charge in [-0.05, 0) is 49.4 Å². The Morgan fingerprint density at radius 3 is 2.56 bits per heavy atom. The lowest BCUT2D eigenvalue weighted by molar-refractivity contribution is -0.130. The quantitative estimate of drug-likeness (QED) is 0.477. The van der Waals surface area contributed by atoms with Crippen LogP contribution in [0.25, 0.3) is 0 Å². The molecule has 0 radical (unpaired) electrons. The second-order valence-electron chi connectivity index (χ2n) is 10.2. The minimum atomic E-state index is -3.78. The van der Waals surface area contributed by atoms with Gasteiger partial charge in [-0.1, -0.05) is 30.3 Å². The molecule has 2 aromatic carbocycles. The van der Waals surface area contributed by atoms with E-state index in [0.717, 1.165) is 17.8 Å². The highest BCUT2D eigenvalue weighted by Gasteiger charge is 2.44. The van der Waals surface area contributed by atoms with Gasteiger partial charge in [0, 0.05) is 50.7 Å². The number of amides is 1. The Morgan fingerprint density at radius 1 is 1.13 bits per heavy atom. The molecular weight excluding hydrogens is 526 g/mol. The molecule has 1 atom stereocenters. The number of nitrogens with one attached hydrogen (secondary N) is 1. The lowest BCUT2D eigenvalue weighted by Crippen LogP contribution is -2.48. The molecule has 0 unspecified atom stereocenters. The molecule has 5 rings (SSSR count). The van der Waals surface area contributed by atoms with Crippen molar-refractivity contribution in [1.82, 2.24) is 19.4 Å². The highest BCUT2D eigenvalue weighted by molar-refractivity contribution is 7.89. The van der Waals surface area contributed by atoms with Crippen LogP contribution in [0.1, 0.15) is 53.3 Å². The van der Waals surface area contributed by atoms with Crippen LogP contribution in [0.5, 0.6) is 0 Å². The van der Waals surface area contributed by atoms with Crippen LogP contribution in [0.15, 0.2) is 54.7 Å². The van der Waals surface area contributed by atoms with Crippen LogP contribution in [0.3, 0.4) is 0 Å². The summed E-state index contributed by atoms with van der Waals surface area (Å²) in [4.78, 5) is 13.5. The van der Waals surface area contributed by atoms with Gasteiger partial charge in [0.05, 0.1) is 17.7 Å². The van der Waals surface area contributed by atoms with Crippen molar-refractivity contribution < 1.29 is 26.7 Å². The standard InChI is InChI=1S/C28H32F2N4O4S/c1-33-22(9-12-32-33)18-31-27(35)28(10-14-38-15-11-28)23-17-24(29)21(16-25(23)30)19-34-13-5-8-26(39(34,36)37)20-6-3-2-4-7-20/h2-4,6-7,9,12,16-17,26H,5,8,10-11,13-15,18-19H2,1H3,(H,31,35)/t26-/m1/s1. The smallest absolute Gasteiger partial charge is 0.231 e. The van der Waals surface area contributed by atoms with Crippen molar-refractivity contribution in [1.29, 1.82) is 0 Å². The van der Waals surface area contributed by atoms with Crippen LogP contribution < -0.4 is 5.32 Å². The number of benzene rings is 2. The lowest BCUT2D eigenvalue weighted by atomic mass is 9.72. The molecule has 2 aliphatic rings. The SMILES string of the molecule is Cn1nccc1CNC(=O)C1(c2cc(F)c(CN3CCC[C@H](c4ccccc4)S3(=O)=O)cc2F)CCOCC1. The van der Waals surface area contributed by atoms with Crippen molar-refractivity contribution in [2.75, 3.05) is 19.8 Å². The van der Waals surface area contributed by atoms with Crippen LogP contribution >= 0.6 is 0 Å². The minimum Gasteiger partial charge on any atom is -0.381 e. The molecule has 2 saturated heterocycles. The number of ether oxygens (including phenoxy) is 1. The molecule has 1 N–H and O–H groups in total. The molecule has 0 bridgehead atoms. The Bertz CT molecular complexity index is 1440. The molecule has 1 amide bonds. The van der Waals surface area contributed by atoms with Gasteiger partial charge in [0.15, 0.2) is 0 Å². The molecular formula is C28H32F2N4O4S. The molecule has 3 heterocycles. The number of carbonyl (C=O) groups excluding carboxylic acids is 1. The average Bonchev–Trinajstić information content (AvgIpc) is 3.35. The molecule has 0 aliphatic carbocycles. The van der Waals surface area contributed by atoms with E-state index in [4.69, 9.17) is 4.74 Å². The van der Waals surface area contributed by atoms with Gasteiger partial charge >= 0.3 is 0 Å². The number of hydrogen-bond donors (Lipinski definition) is 1. The second-order valence-corrected chi connectivity index (χ2v) is 12.3. The predicted octanol–water partition coefficient (Wildman–Crippen LogP) is 3.73. The van der Waals surface area contributed by atoms with Gasteiger partial charge in [-0.3, -0.25) is 9.48 Å². The van der Waals surface area contributed by atoms with E-state index < -0.39 is 38.2 Å². The van der Waals surface area contributed by atoms with E-state index in [9.17, 15) is 13.2 Å². The zero-order chi connectivity index (χ0) is 27.6. The zero-order valence-corrected chi connectivity index (χ0v) is 22.6. The number of sulfonamides is 1. The van der Waals surface area contributed by atoms with E-state index in [1.807, 2.05) is 6.07 Å². The number of nitrogens with zero attached hydrogens (tertiary/aromatic N) is 3. The van der Waals surface area contributed by atoms with Crippen molar-refractivity contribution >= 4 is 15.9 Å². The van der Waals surface area contributed by atoms with Gasteiger partial charge in [-0.15, -0.1) is 0 Å². The number of halogens is 2. The maximum atomic E-state index is 15.7. The first kappa shape index (κ1) is 27.4. The third kappa shape index (κ3) is 5.35. The van der Waals surface area contributed by atoms with Gasteiger partial charge in [-0.25, -0.2) is 17.2 Å². The fourth-order valence-electron chi connectivity index (χ4n) is 5.60. The third-order valence-corrected chi connectivity index (χ3v) is 10.2. The molecule has 11 heteroatoms. The van der Waals surface area contributed by atoms with Crippen molar-refractivity contribution in [3.63, 3.8) is 0 Å². The monoisotopic (exact) mass is 558 g/mol. The fourth-order valence-corrected chi connectivity index (χ4v) is 7.63. The Balaban J connectivity index is 1.41. The maximum Gasteiger partial charge on any atom is 0.231 e. The molecule has 1 aromatic heterocycles. The van der Waals surface area contributed by atoms with E-state index in [0.29, 0.717) is 18.4 Å². The summed E-state index contributed by atoms with van der Waals surface area (Å²) >= 11 is 0. The molecule has 208 valence electrons. The Kier molecular flexibility index (Phi) is 7.84. The Hall–Kier alpha value is -3.15. The first-order valence-corrected chi connectivity index (χ1v) is 14.6. The molecule has 2 fully saturated rings. The van der Waals surface area contributed by atoms with Crippen LogP contribution in [0.2, 0.25) is 0 Å². The first-order chi connectivity index (χ1) is 18.7. The van der Waals surface area contributed by atoms with E-state index >= 15 is 8.78 Å². The highest BCUT2D eigenvalue weighted by atomic mass is 32.2. The summed E-state index contributed by atoms with van der Waals surface area (Å²) in [6, 6.07) is 12.8. The minimum absolute atomic E-state index is 0.0433. The topological polar surface area (TPSA) is 93.5 Å². The summed E-state index contributed by atoms with van der Waals surface area (Å²) in [7, 11) is -2.02. The van der Waals surface area contributed by atoms with Gasteiger partial charge in [0.25, 0.3) is 0 Å². The summed E-state index contributed by atoms with van der Waals surface area (Å²) in [6.07, 6.45) is 3.08. The van der Waals surface area contributed by atoms with Crippen LogP contribution in [-0.2, 0) is 45.1 Å². The lowest BCUT2D eigenvalue weighted by Gasteiger charge is -2.37. The Morgan fingerprint density at radius 2 is 1.87 bits per heavy atom. The highest BCUT2D eigenvalue weighted by Crippen LogP contribution is 2.39. The number of rotatable bonds is 7. The van der Waals surface area contributed by atoms with Gasteiger partial charge < -0.3 is 10.1 Å². The molecule has 0 spiro atoms. The summed E-state index contributed by atoms with van der Waals surface area (Å²) in [5.41, 5.74) is 0.0340. The van der Waals surface area contributed by atoms with Gasteiger partial charge in [-0.2, -0.15) is 9.40 Å². The molecule has 3 aromatic rings. The molecule has 8 nitrogen and oxygen atoms in total. The van der Waals surface area contributed by atoms with Crippen LogP contribution in [-0.4, -0.2) is 48.2 Å². The summed E-state index contributed by atoms with van der Waals surface area (Å²) < 4.78 is 66.4. The largest absolute Gasteiger partial charge is 0.381 e. The third-order valence-electron chi connectivity index (χ3n) is 7.90. The zero-order valence-electron chi connectivity index (χ0n) is 21.8. The normalized spacial score (nSPS) is 20.9. The van der Waals surface area contributed by atoms with Crippen LogP contribution in [0.4, 0.5) is 8.78 Å². The fraction of sp³-hybridized carbons (Fsp3) is 0.429. The van der Waals surface area contributed by atoms with Crippen molar-refractivity contribution in [2.45, 2.75) is 49.4 Å². The number of aromatic nitrogens is 2. The van der Waals surface area contributed by atoms with Crippen LogP contribution in [0, 0.1) is 11.6 Å². The Labute approximate surface area is 227 Å². The summed E-state index contributed by atoms with van der Waals surface area (Å²) in [5, 5.41) is 6.22. The first-order valence-electron chi connectivity index (χ1n) is 13.1. The summed E-state index contributed by atoms with van der Waals surface area (Å²) in [5.74, 6) is -1.89. The van der Waals surface area contributed by atoms with E-state index in [1.54, 1.807) is 48.3 Å².